The lowest BCUT2D eigenvalue weighted by Gasteiger charge is -2.41. The van der Waals surface area contributed by atoms with Crippen molar-refractivity contribution in [3.63, 3.8) is 0 Å². The molecule has 2 bridgehead atoms. The number of likely N-dealkylation sites (tertiary alicyclic amines) is 1. The molecule has 4 fully saturated rings. The molecule has 1 N–H and O–H groups in total. The Kier molecular flexibility index (Phi) is 9.36. The highest BCUT2D eigenvalue weighted by molar-refractivity contribution is 9.09. The summed E-state index contributed by atoms with van der Waals surface area (Å²) in [5.74, 6) is -2.00. The summed E-state index contributed by atoms with van der Waals surface area (Å²) in [5, 5.41) is 9.67. The van der Waals surface area contributed by atoms with E-state index in [0.717, 1.165) is 37.7 Å². The number of carbonyl (C=O) groups is 3. The van der Waals surface area contributed by atoms with Gasteiger partial charge >= 0.3 is 0 Å². The summed E-state index contributed by atoms with van der Waals surface area (Å²) in [4.78, 5) is 48.2. The van der Waals surface area contributed by atoms with Crippen LogP contribution in [0.3, 0.4) is 0 Å². The largest absolute Gasteiger partial charge is 0.396 e. The maximum Gasteiger partial charge on any atom is 0.248 e. The zero-order valence-electron chi connectivity index (χ0n) is 23.7. The zero-order valence-corrected chi connectivity index (χ0v) is 25.3. The number of amides is 3. The number of carbonyl (C=O) groups excluding carboxylic acids is 3. The average Bonchev–Trinajstić information content (AvgIpc) is 3.58. The third-order valence-electron chi connectivity index (χ3n) is 9.37. The summed E-state index contributed by atoms with van der Waals surface area (Å²) >= 11 is 3.78. The molecule has 222 valence electrons. The number of nitrogens with zero attached hydrogens (tertiary/aromatic N) is 3. The van der Waals surface area contributed by atoms with Crippen molar-refractivity contribution in [2.45, 2.75) is 80.1 Å². The topological polar surface area (TPSA) is 90.4 Å². The molecule has 6 atom stereocenters. The van der Waals surface area contributed by atoms with Gasteiger partial charge in [-0.15, -0.1) is 13.2 Å². The normalized spacial score (nSPS) is 30.7. The van der Waals surface area contributed by atoms with Crippen LogP contribution in [0.15, 0.2) is 55.6 Å². The van der Waals surface area contributed by atoms with Gasteiger partial charge in [-0.1, -0.05) is 77.7 Å². The number of aliphatic hydroxyl groups is 1. The minimum absolute atomic E-state index is 0.0873. The number of halogens is 1. The Balaban J connectivity index is 1.51. The Bertz CT molecular complexity index is 1140. The van der Waals surface area contributed by atoms with Crippen LogP contribution in [0, 0.1) is 11.8 Å². The van der Waals surface area contributed by atoms with E-state index in [2.05, 4.69) is 29.1 Å². The molecule has 0 radical (unpaired) electrons. The molecule has 5 rings (SSSR count). The van der Waals surface area contributed by atoms with Crippen molar-refractivity contribution < 1.29 is 24.2 Å². The molecule has 3 saturated heterocycles. The van der Waals surface area contributed by atoms with E-state index in [4.69, 9.17) is 4.74 Å². The summed E-state index contributed by atoms with van der Waals surface area (Å²) in [7, 11) is 0. The van der Waals surface area contributed by atoms with E-state index in [1.807, 2.05) is 35.2 Å². The Morgan fingerprint density at radius 1 is 1.10 bits per heavy atom. The first kappa shape index (κ1) is 30.0. The smallest absolute Gasteiger partial charge is 0.248 e. The number of hydrogen-bond acceptors (Lipinski definition) is 5. The van der Waals surface area contributed by atoms with Gasteiger partial charge in [0.25, 0.3) is 0 Å². The highest BCUT2D eigenvalue weighted by Crippen LogP contribution is 2.60. The molecule has 0 aromatic heterocycles. The van der Waals surface area contributed by atoms with Gasteiger partial charge in [0.05, 0.1) is 17.9 Å². The molecular formula is C32H42BrN3O5. The number of fused-ring (bicyclic) bond motifs is 1. The third-order valence-corrected chi connectivity index (χ3v) is 10.2. The van der Waals surface area contributed by atoms with Crippen LogP contribution in [0.5, 0.6) is 0 Å². The van der Waals surface area contributed by atoms with E-state index in [1.54, 1.807) is 22.0 Å². The van der Waals surface area contributed by atoms with Gasteiger partial charge in [-0.2, -0.15) is 0 Å². The predicted molar refractivity (Wildman–Crippen MR) is 160 cm³/mol. The highest BCUT2D eigenvalue weighted by atomic mass is 79.9. The molecule has 8 nitrogen and oxygen atoms in total. The molecule has 1 saturated carbocycles. The first-order valence-corrected chi connectivity index (χ1v) is 15.9. The van der Waals surface area contributed by atoms with E-state index in [0.29, 0.717) is 32.5 Å². The average molecular weight is 629 g/mol. The van der Waals surface area contributed by atoms with E-state index in [1.165, 1.54) is 0 Å². The minimum atomic E-state index is -1.11. The molecule has 3 aliphatic heterocycles. The molecular weight excluding hydrogens is 586 g/mol. The standard InChI is InChI=1S/C32H42BrN3O5/c1-3-16-34(21-22-12-7-5-8-13-22)29(38)25-26-30(39)36(18-11-19-37)28(32(26)20-24(33)27(25)41-32)31(40)35(17-4-2)23-14-9-6-10-15-23/h3-5,7-8,12-13,23-28,37H,1-2,6,9-11,14-21H2/t24?,25-,26-,27-,28?,32?/m0/s1. The van der Waals surface area contributed by atoms with Crippen LogP contribution < -0.4 is 0 Å². The van der Waals surface area contributed by atoms with Gasteiger partial charge in [0.2, 0.25) is 17.7 Å². The van der Waals surface area contributed by atoms with Crippen LogP contribution >= 0.6 is 15.9 Å². The summed E-state index contributed by atoms with van der Waals surface area (Å²) in [5.41, 5.74) is -0.122. The lowest BCUT2D eigenvalue weighted by Crippen LogP contribution is -2.59. The Morgan fingerprint density at radius 3 is 2.46 bits per heavy atom. The predicted octanol–water partition coefficient (Wildman–Crippen LogP) is 3.68. The lowest BCUT2D eigenvalue weighted by molar-refractivity contribution is -0.150. The quantitative estimate of drug-likeness (QED) is 0.282. The number of ether oxygens (including phenoxy) is 1. The fourth-order valence-corrected chi connectivity index (χ4v) is 8.63. The first-order valence-electron chi connectivity index (χ1n) is 15.0. The summed E-state index contributed by atoms with van der Waals surface area (Å²) in [6, 6.07) is 8.99. The lowest BCUT2D eigenvalue weighted by atomic mass is 9.70. The van der Waals surface area contributed by atoms with Crippen molar-refractivity contribution in [1.82, 2.24) is 14.7 Å². The molecule has 9 heteroatoms. The van der Waals surface area contributed by atoms with Crippen molar-refractivity contribution in [2.75, 3.05) is 26.2 Å². The van der Waals surface area contributed by atoms with Crippen molar-refractivity contribution in [3.8, 4) is 0 Å². The fourth-order valence-electron chi connectivity index (χ4n) is 7.68. The van der Waals surface area contributed by atoms with E-state index < -0.39 is 29.6 Å². The van der Waals surface area contributed by atoms with Gasteiger partial charge in [0.1, 0.15) is 11.6 Å². The van der Waals surface area contributed by atoms with Crippen LogP contribution in [-0.4, -0.2) is 92.4 Å². The maximum atomic E-state index is 14.6. The van der Waals surface area contributed by atoms with Gasteiger partial charge in [0.15, 0.2) is 0 Å². The summed E-state index contributed by atoms with van der Waals surface area (Å²) < 4.78 is 6.72. The van der Waals surface area contributed by atoms with Gasteiger partial charge in [-0.3, -0.25) is 14.4 Å². The van der Waals surface area contributed by atoms with Crippen LogP contribution in [0.1, 0.15) is 50.5 Å². The number of alkyl halides is 1. The van der Waals surface area contributed by atoms with E-state index in [9.17, 15) is 19.5 Å². The molecule has 3 amide bonds. The van der Waals surface area contributed by atoms with Crippen LogP contribution in [0.25, 0.3) is 0 Å². The second-order valence-electron chi connectivity index (χ2n) is 11.8. The SMILES string of the molecule is C=CCN(Cc1ccccc1)C(=O)[C@H]1[C@H]2C(=O)N(CCCO)C(C(=O)N(CC=C)C3CCCCC3)C23CC(Br)[C@@H]1O3. The van der Waals surface area contributed by atoms with Crippen LogP contribution in [0.2, 0.25) is 0 Å². The van der Waals surface area contributed by atoms with Gasteiger partial charge in [0, 0.05) is 43.7 Å². The van der Waals surface area contributed by atoms with E-state index >= 15 is 0 Å². The number of aliphatic hydroxyl groups excluding tert-OH is 1. The fraction of sp³-hybridized carbons (Fsp3) is 0.594. The maximum absolute atomic E-state index is 14.6. The third kappa shape index (κ3) is 5.41. The number of rotatable bonds is 12. The van der Waals surface area contributed by atoms with E-state index in [-0.39, 0.29) is 41.7 Å². The molecule has 4 aliphatic rings. The molecule has 41 heavy (non-hydrogen) atoms. The minimum Gasteiger partial charge on any atom is -0.396 e. The highest BCUT2D eigenvalue weighted by Gasteiger charge is 2.76. The summed E-state index contributed by atoms with van der Waals surface area (Å²) in [6.45, 7) is 9.04. The second kappa shape index (κ2) is 12.8. The Hall–Kier alpha value is -2.49. The Morgan fingerprint density at radius 2 is 1.80 bits per heavy atom. The molecule has 1 aromatic carbocycles. The molecule has 1 aromatic rings. The molecule has 1 aliphatic carbocycles. The second-order valence-corrected chi connectivity index (χ2v) is 13.0. The van der Waals surface area contributed by atoms with Crippen molar-refractivity contribution in [2.24, 2.45) is 11.8 Å². The van der Waals surface area contributed by atoms with Crippen LogP contribution in [-0.2, 0) is 25.7 Å². The summed E-state index contributed by atoms with van der Waals surface area (Å²) in [6.07, 6.45) is 8.89. The number of benzene rings is 1. The zero-order chi connectivity index (χ0) is 29.1. The molecule has 3 heterocycles. The van der Waals surface area contributed by atoms with Crippen molar-refractivity contribution in [1.29, 1.82) is 0 Å². The van der Waals surface area contributed by atoms with Crippen LogP contribution in [0.4, 0.5) is 0 Å². The van der Waals surface area contributed by atoms with Crippen molar-refractivity contribution >= 4 is 33.7 Å². The first-order chi connectivity index (χ1) is 19.9. The monoisotopic (exact) mass is 627 g/mol. The Labute approximate surface area is 251 Å². The number of hydrogen-bond donors (Lipinski definition) is 1. The van der Waals surface area contributed by atoms with Gasteiger partial charge in [-0.05, 0) is 31.2 Å². The molecule has 1 spiro atoms. The van der Waals surface area contributed by atoms with Gasteiger partial charge < -0.3 is 24.5 Å². The van der Waals surface area contributed by atoms with Gasteiger partial charge in [-0.25, -0.2) is 0 Å². The molecule has 3 unspecified atom stereocenters. The van der Waals surface area contributed by atoms with Crippen molar-refractivity contribution in [3.05, 3.63) is 61.2 Å².